The van der Waals surface area contributed by atoms with Crippen molar-refractivity contribution in [2.75, 3.05) is 33.4 Å². The summed E-state index contributed by atoms with van der Waals surface area (Å²) in [5.41, 5.74) is -0.453. The van der Waals surface area contributed by atoms with Crippen molar-refractivity contribution in [2.45, 2.75) is 77.0 Å². The number of amides is 1. The van der Waals surface area contributed by atoms with Crippen molar-refractivity contribution in [3.05, 3.63) is 0 Å². The van der Waals surface area contributed by atoms with Gasteiger partial charge in [0.1, 0.15) is 0 Å². The fourth-order valence-corrected chi connectivity index (χ4v) is 3.88. The van der Waals surface area contributed by atoms with Crippen LogP contribution in [0.25, 0.3) is 0 Å². The van der Waals surface area contributed by atoms with E-state index < -0.39 is 5.54 Å². The number of morpholine rings is 1. The van der Waals surface area contributed by atoms with E-state index >= 15 is 0 Å². The summed E-state index contributed by atoms with van der Waals surface area (Å²) in [5, 5.41) is 3.18. The molecular weight excluding hydrogens is 290 g/mol. The summed E-state index contributed by atoms with van der Waals surface area (Å²) in [6.07, 6.45) is 5.02. The SMILES string of the molecule is CC(CNC(=O)C(C)(C)N(C)C1CCCC1)N1CCOCC1C. The highest BCUT2D eigenvalue weighted by Crippen LogP contribution is 2.27. The van der Waals surface area contributed by atoms with Gasteiger partial charge in [0, 0.05) is 31.2 Å². The Kier molecular flexibility index (Phi) is 6.46. The first kappa shape index (κ1) is 18.7. The van der Waals surface area contributed by atoms with Gasteiger partial charge in [0.2, 0.25) is 5.91 Å². The molecule has 0 aromatic carbocycles. The van der Waals surface area contributed by atoms with Gasteiger partial charge in [0.05, 0.1) is 18.8 Å². The second kappa shape index (κ2) is 7.95. The largest absolute Gasteiger partial charge is 0.379 e. The van der Waals surface area contributed by atoms with Gasteiger partial charge in [0.25, 0.3) is 0 Å². The van der Waals surface area contributed by atoms with Crippen LogP contribution in [0.15, 0.2) is 0 Å². The minimum atomic E-state index is -0.453. The monoisotopic (exact) mass is 325 g/mol. The Balaban J connectivity index is 1.84. The summed E-state index contributed by atoms with van der Waals surface area (Å²) in [7, 11) is 2.10. The summed E-state index contributed by atoms with van der Waals surface area (Å²) in [4.78, 5) is 17.4. The number of rotatable bonds is 6. The molecule has 2 aliphatic rings. The lowest BCUT2D eigenvalue weighted by molar-refractivity contribution is -0.132. The maximum Gasteiger partial charge on any atom is 0.240 e. The molecule has 0 bridgehead atoms. The molecule has 1 heterocycles. The van der Waals surface area contributed by atoms with Gasteiger partial charge in [-0.2, -0.15) is 0 Å². The van der Waals surface area contributed by atoms with Crippen LogP contribution in [0.3, 0.4) is 0 Å². The van der Waals surface area contributed by atoms with E-state index in [1.165, 1.54) is 25.7 Å². The smallest absolute Gasteiger partial charge is 0.240 e. The van der Waals surface area contributed by atoms with Crippen molar-refractivity contribution >= 4 is 5.91 Å². The zero-order valence-corrected chi connectivity index (χ0v) is 15.6. The molecule has 1 saturated carbocycles. The zero-order valence-electron chi connectivity index (χ0n) is 15.6. The molecule has 2 atom stereocenters. The number of ether oxygens (including phenoxy) is 1. The number of hydrogen-bond acceptors (Lipinski definition) is 4. The lowest BCUT2D eigenvalue weighted by Crippen LogP contribution is -2.58. The summed E-state index contributed by atoms with van der Waals surface area (Å²) < 4.78 is 5.49. The van der Waals surface area contributed by atoms with E-state index in [2.05, 4.69) is 36.0 Å². The van der Waals surface area contributed by atoms with E-state index in [0.717, 1.165) is 19.8 Å². The molecule has 1 saturated heterocycles. The average molecular weight is 325 g/mol. The van der Waals surface area contributed by atoms with Crippen LogP contribution in [-0.2, 0) is 9.53 Å². The molecule has 2 rings (SSSR count). The first-order chi connectivity index (χ1) is 10.8. The summed E-state index contributed by atoms with van der Waals surface area (Å²) in [5.74, 6) is 0.139. The first-order valence-corrected chi connectivity index (χ1v) is 9.18. The number of hydrogen-bond donors (Lipinski definition) is 1. The quantitative estimate of drug-likeness (QED) is 0.810. The van der Waals surface area contributed by atoms with Crippen LogP contribution in [0.2, 0.25) is 0 Å². The topological polar surface area (TPSA) is 44.8 Å². The molecule has 0 aromatic rings. The van der Waals surface area contributed by atoms with Gasteiger partial charge in [-0.25, -0.2) is 0 Å². The van der Waals surface area contributed by atoms with E-state index in [1.54, 1.807) is 0 Å². The number of carbonyl (C=O) groups is 1. The minimum absolute atomic E-state index is 0.139. The van der Waals surface area contributed by atoms with E-state index in [1.807, 2.05) is 13.8 Å². The van der Waals surface area contributed by atoms with Crippen LogP contribution in [0.1, 0.15) is 53.4 Å². The van der Waals surface area contributed by atoms with E-state index in [0.29, 0.717) is 24.7 Å². The molecule has 0 spiro atoms. The zero-order chi connectivity index (χ0) is 17.0. The average Bonchev–Trinajstić information content (AvgIpc) is 3.06. The van der Waals surface area contributed by atoms with Crippen LogP contribution in [-0.4, -0.2) is 72.7 Å². The molecule has 0 aromatic heterocycles. The predicted molar refractivity (Wildman–Crippen MR) is 93.6 cm³/mol. The fraction of sp³-hybridized carbons (Fsp3) is 0.944. The molecule has 2 fully saturated rings. The Labute approximate surface area is 141 Å². The van der Waals surface area contributed by atoms with Crippen LogP contribution in [0.5, 0.6) is 0 Å². The molecule has 5 heteroatoms. The van der Waals surface area contributed by atoms with Gasteiger partial charge in [-0.05, 0) is 47.6 Å². The lowest BCUT2D eigenvalue weighted by atomic mass is 9.98. The van der Waals surface area contributed by atoms with Gasteiger partial charge >= 0.3 is 0 Å². The Hall–Kier alpha value is -0.650. The third-order valence-electron chi connectivity index (χ3n) is 5.85. The molecule has 23 heavy (non-hydrogen) atoms. The second-order valence-corrected chi connectivity index (χ2v) is 7.83. The molecule has 134 valence electrons. The second-order valence-electron chi connectivity index (χ2n) is 7.83. The van der Waals surface area contributed by atoms with Crippen molar-refractivity contribution in [3.8, 4) is 0 Å². The number of nitrogens with zero attached hydrogens (tertiary/aromatic N) is 2. The van der Waals surface area contributed by atoms with Crippen molar-refractivity contribution in [3.63, 3.8) is 0 Å². The molecule has 1 N–H and O–H groups in total. The van der Waals surface area contributed by atoms with E-state index in [-0.39, 0.29) is 5.91 Å². The van der Waals surface area contributed by atoms with Gasteiger partial charge in [-0.3, -0.25) is 14.6 Å². The van der Waals surface area contributed by atoms with E-state index in [9.17, 15) is 4.79 Å². The number of likely N-dealkylation sites (N-methyl/N-ethyl adjacent to an activating group) is 1. The van der Waals surface area contributed by atoms with Crippen LogP contribution in [0.4, 0.5) is 0 Å². The highest BCUT2D eigenvalue weighted by Gasteiger charge is 2.37. The van der Waals surface area contributed by atoms with Crippen LogP contribution in [0, 0.1) is 0 Å². The maximum atomic E-state index is 12.7. The van der Waals surface area contributed by atoms with Gasteiger partial charge < -0.3 is 10.1 Å². The Morgan fingerprint density at radius 3 is 2.65 bits per heavy atom. The standard InChI is InChI=1S/C18H35N3O2/c1-14(21-10-11-23-13-15(21)2)12-19-17(22)18(3,4)20(5)16-8-6-7-9-16/h14-16H,6-13H2,1-5H3,(H,19,22). The van der Waals surface area contributed by atoms with Crippen molar-refractivity contribution in [1.29, 1.82) is 0 Å². The lowest BCUT2D eigenvalue weighted by Gasteiger charge is -2.40. The van der Waals surface area contributed by atoms with Gasteiger partial charge in [0.15, 0.2) is 0 Å². The highest BCUT2D eigenvalue weighted by atomic mass is 16.5. The molecule has 1 aliphatic carbocycles. The van der Waals surface area contributed by atoms with Crippen molar-refractivity contribution in [2.24, 2.45) is 0 Å². The molecular formula is C18H35N3O2. The molecule has 5 nitrogen and oxygen atoms in total. The molecule has 2 unspecified atom stereocenters. The third-order valence-corrected chi connectivity index (χ3v) is 5.85. The van der Waals surface area contributed by atoms with Gasteiger partial charge in [-0.15, -0.1) is 0 Å². The summed E-state index contributed by atoms with van der Waals surface area (Å²) in [6, 6.07) is 1.31. The highest BCUT2D eigenvalue weighted by molar-refractivity contribution is 5.85. The van der Waals surface area contributed by atoms with Gasteiger partial charge in [-0.1, -0.05) is 12.8 Å². The molecule has 1 aliphatic heterocycles. The summed E-state index contributed by atoms with van der Waals surface area (Å²) >= 11 is 0. The van der Waals surface area contributed by atoms with Crippen LogP contribution < -0.4 is 5.32 Å². The molecule has 0 radical (unpaired) electrons. The number of carbonyl (C=O) groups excluding carboxylic acids is 1. The normalized spacial score (nSPS) is 25.7. The predicted octanol–water partition coefficient (Wildman–Crippen LogP) is 1.86. The first-order valence-electron chi connectivity index (χ1n) is 9.18. The fourth-order valence-electron chi connectivity index (χ4n) is 3.88. The maximum absolute atomic E-state index is 12.7. The minimum Gasteiger partial charge on any atom is -0.379 e. The molecule has 1 amide bonds. The summed E-state index contributed by atoms with van der Waals surface area (Å²) in [6.45, 7) is 11.7. The Bertz CT molecular complexity index is 394. The van der Waals surface area contributed by atoms with Crippen molar-refractivity contribution in [1.82, 2.24) is 15.1 Å². The van der Waals surface area contributed by atoms with Crippen molar-refractivity contribution < 1.29 is 9.53 Å². The van der Waals surface area contributed by atoms with Crippen LogP contribution >= 0.6 is 0 Å². The Morgan fingerprint density at radius 1 is 1.39 bits per heavy atom. The third kappa shape index (κ3) is 4.46. The van der Waals surface area contributed by atoms with E-state index in [4.69, 9.17) is 4.74 Å². The Morgan fingerprint density at radius 2 is 2.04 bits per heavy atom. The number of nitrogens with one attached hydrogen (secondary N) is 1.